The van der Waals surface area contributed by atoms with Crippen molar-refractivity contribution < 1.29 is 0 Å². The second-order valence-corrected chi connectivity index (χ2v) is 4.33. The van der Waals surface area contributed by atoms with Crippen LogP contribution >= 0.6 is 11.5 Å². The number of rotatable bonds is 0. The second kappa shape index (κ2) is 2.77. The molecular weight excluding hydrogens is 142 g/mol. The highest BCUT2D eigenvalue weighted by Crippen LogP contribution is 2.47. The molecule has 0 atom stereocenters. The van der Waals surface area contributed by atoms with Gasteiger partial charge in [-0.05, 0) is 11.6 Å². The average Bonchev–Trinajstić information content (AvgIpc) is 1.86. The van der Waals surface area contributed by atoms with E-state index < -0.39 is 0 Å². The Morgan fingerprint density at radius 2 is 1.30 bits per heavy atom. The van der Waals surface area contributed by atoms with E-state index in [0.29, 0.717) is 6.13 Å². The van der Waals surface area contributed by atoms with E-state index >= 15 is 0 Å². The van der Waals surface area contributed by atoms with Gasteiger partial charge in [0.05, 0.1) is 0 Å². The lowest BCUT2D eigenvalue weighted by molar-refractivity contribution is 0.451. The zero-order chi connectivity index (χ0) is 6.97. The number of hydrogen-bond acceptors (Lipinski definition) is 0. The standard InChI is InChI=1S/C8H14BCl/c10-9-7-3-1-4-8(9)6-2-5-7/h7-8H,1-6H2. The minimum absolute atomic E-state index is 0.544. The van der Waals surface area contributed by atoms with Crippen LogP contribution in [0.5, 0.6) is 0 Å². The van der Waals surface area contributed by atoms with Gasteiger partial charge in [-0.1, -0.05) is 38.5 Å². The number of hydrogen-bond donors (Lipinski definition) is 0. The van der Waals surface area contributed by atoms with Gasteiger partial charge >= 0.3 is 0 Å². The number of halogens is 1. The Morgan fingerprint density at radius 3 is 1.60 bits per heavy atom. The van der Waals surface area contributed by atoms with E-state index in [4.69, 9.17) is 11.5 Å². The zero-order valence-electron chi connectivity index (χ0n) is 6.35. The summed E-state index contributed by atoms with van der Waals surface area (Å²) < 4.78 is 0. The zero-order valence-corrected chi connectivity index (χ0v) is 7.11. The lowest BCUT2D eigenvalue weighted by atomic mass is 9.43. The van der Waals surface area contributed by atoms with Crippen LogP contribution in [0.4, 0.5) is 0 Å². The lowest BCUT2D eigenvalue weighted by Gasteiger charge is -2.36. The van der Waals surface area contributed by atoms with Crippen LogP contribution in [0.3, 0.4) is 0 Å². The molecule has 0 aromatic rings. The van der Waals surface area contributed by atoms with Crippen molar-refractivity contribution in [1.29, 1.82) is 0 Å². The summed E-state index contributed by atoms with van der Waals surface area (Å²) in [7, 11) is 0. The molecule has 0 aliphatic carbocycles. The average molecular weight is 156 g/mol. The summed E-state index contributed by atoms with van der Waals surface area (Å²) in [5.74, 6) is 1.77. The fourth-order valence-corrected chi connectivity index (χ4v) is 3.10. The van der Waals surface area contributed by atoms with Crippen molar-refractivity contribution in [2.75, 3.05) is 0 Å². The predicted octanol–water partition coefficient (Wildman–Crippen LogP) is 3.32. The fourth-order valence-electron chi connectivity index (χ4n) is 2.59. The van der Waals surface area contributed by atoms with Crippen LogP contribution in [0.15, 0.2) is 0 Å². The summed E-state index contributed by atoms with van der Waals surface area (Å²) in [4.78, 5) is 0. The van der Waals surface area contributed by atoms with Crippen LogP contribution in [0, 0.1) is 0 Å². The van der Waals surface area contributed by atoms with Gasteiger partial charge in [0, 0.05) is 0 Å². The summed E-state index contributed by atoms with van der Waals surface area (Å²) >= 11 is 6.28. The van der Waals surface area contributed by atoms with E-state index in [0.717, 1.165) is 11.6 Å². The van der Waals surface area contributed by atoms with Gasteiger partial charge in [0.2, 0.25) is 0 Å². The predicted molar refractivity (Wildman–Crippen MR) is 46.8 cm³/mol. The van der Waals surface area contributed by atoms with Gasteiger partial charge < -0.3 is 0 Å². The monoisotopic (exact) mass is 156 g/mol. The molecule has 2 heteroatoms. The van der Waals surface area contributed by atoms with Crippen molar-refractivity contribution in [3.63, 3.8) is 0 Å². The van der Waals surface area contributed by atoms with Gasteiger partial charge in [-0.3, -0.25) is 0 Å². The lowest BCUT2D eigenvalue weighted by Crippen LogP contribution is -2.29. The van der Waals surface area contributed by atoms with E-state index in [1.807, 2.05) is 0 Å². The second-order valence-electron chi connectivity index (χ2n) is 3.83. The molecule has 2 aliphatic heterocycles. The van der Waals surface area contributed by atoms with Crippen LogP contribution < -0.4 is 0 Å². The molecule has 0 nitrogen and oxygen atoms in total. The molecule has 0 radical (unpaired) electrons. The van der Waals surface area contributed by atoms with Crippen LogP contribution in [-0.2, 0) is 0 Å². The van der Waals surface area contributed by atoms with Gasteiger partial charge in [-0.25, -0.2) is 0 Å². The maximum atomic E-state index is 6.28. The van der Waals surface area contributed by atoms with Gasteiger partial charge in [-0.15, -0.1) is 0 Å². The van der Waals surface area contributed by atoms with Crippen molar-refractivity contribution in [1.82, 2.24) is 0 Å². The first kappa shape index (κ1) is 7.03. The van der Waals surface area contributed by atoms with Crippen LogP contribution in [0.25, 0.3) is 0 Å². The van der Waals surface area contributed by atoms with E-state index in [2.05, 4.69) is 0 Å². The van der Waals surface area contributed by atoms with Crippen molar-refractivity contribution >= 4 is 17.6 Å². The van der Waals surface area contributed by atoms with Crippen LogP contribution in [-0.4, -0.2) is 6.13 Å². The highest BCUT2D eigenvalue weighted by molar-refractivity contribution is 7.08. The molecule has 0 unspecified atom stereocenters. The SMILES string of the molecule is ClB1C2CCCC1CCC2. The molecule has 2 heterocycles. The van der Waals surface area contributed by atoms with Crippen LogP contribution in [0.1, 0.15) is 38.5 Å². The van der Waals surface area contributed by atoms with E-state index in [1.165, 1.54) is 38.5 Å². The smallest absolute Gasteiger partial charge is 0.195 e. The minimum Gasteiger partial charge on any atom is -0.195 e. The third-order valence-corrected chi connectivity index (χ3v) is 3.91. The Balaban J connectivity index is 2.05. The summed E-state index contributed by atoms with van der Waals surface area (Å²) in [6, 6.07) is 0. The number of fused-ring (bicyclic) bond motifs is 2. The molecule has 0 aromatic carbocycles. The van der Waals surface area contributed by atoms with Gasteiger partial charge in [0.15, 0.2) is 0 Å². The van der Waals surface area contributed by atoms with Crippen LogP contribution in [0.2, 0.25) is 11.6 Å². The third kappa shape index (κ3) is 1.09. The Bertz CT molecular complexity index is 104. The Kier molecular flexibility index (Phi) is 1.95. The molecule has 56 valence electrons. The van der Waals surface area contributed by atoms with E-state index in [9.17, 15) is 0 Å². The Hall–Kier alpha value is 0.355. The molecule has 2 rings (SSSR count). The summed E-state index contributed by atoms with van der Waals surface area (Å²) in [6.07, 6.45) is 9.06. The van der Waals surface area contributed by atoms with Crippen molar-refractivity contribution in [3.05, 3.63) is 0 Å². The molecule has 0 spiro atoms. The molecule has 0 amide bonds. The first-order valence-electron chi connectivity index (χ1n) is 4.52. The fraction of sp³-hybridized carbons (Fsp3) is 1.00. The normalized spacial score (nSPS) is 39.9. The van der Waals surface area contributed by atoms with Gasteiger partial charge in [0.25, 0.3) is 6.13 Å². The Morgan fingerprint density at radius 1 is 0.900 bits per heavy atom. The molecule has 10 heavy (non-hydrogen) atoms. The molecule has 0 N–H and O–H groups in total. The maximum Gasteiger partial charge on any atom is 0.256 e. The maximum absolute atomic E-state index is 6.28. The van der Waals surface area contributed by atoms with Gasteiger partial charge in [0.1, 0.15) is 0 Å². The summed E-state index contributed by atoms with van der Waals surface area (Å²) in [6.45, 7) is 0. The molecule has 0 aromatic heterocycles. The van der Waals surface area contributed by atoms with Crippen molar-refractivity contribution in [3.8, 4) is 0 Å². The highest BCUT2D eigenvalue weighted by Gasteiger charge is 2.37. The van der Waals surface area contributed by atoms with Gasteiger partial charge in [-0.2, -0.15) is 11.5 Å². The molecule has 2 bridgehead atoms. The first-order chi connectivity index (χ1) is 4.88. The summed E-state index contributed by atoms with van der Waals surface area (Å²) in [5.41, 5.74) is 0. The van der Waals surface area contributed by atoms with E-state index in [-0.39, 0.29) is 0 Å². The first-order valence-corrected chi connectivity index (χ1v) is 4.95. The highest BCUT2D eigenvalue weighted by atomic mass is 35.5. The quantitative estimate of drug-likeness (QED) is 0.472. The largest absolute Gasteiger partial charge is 0.256 e. The molecule has 0 saturated carbocycles. The van der Waals surface area contributed by atoms with Crippen molar-refractivity contribution in [2.45, 2.75) is 50.2 Å². The molecular formula is C8H14BCl. The molecule has 2 saturated heterocycles. The summed E-state index contributed by atoms with van der Waals surface area (Å²) in [5, 5.41) is 0. The molecule has 2 fully saturated rings. The minimum atomic E-state index is 0.544. The van der Waals surface area contributed by atoms with Crippen molar-refractivity contribution in [2.24, 2.45) is 0 Å². The third-order valence-electron chi connectivity index (χ3n) is 3.20. The molecule has 2 aliphatic rings. The Labute approximate surface area is 68.3 Å². The topological polar surface area (TPSA) is 0 Å². The van der Waals surface area contributed by atoms with E-state index in [1.54, 1.807) is 0 Å².